The second kappa shape index (κ2) is 5.38. The molecular weight excluding hydrogens is 228 g/mol. The SMILES string of the molecule is CC1CCCC(Nc2ccc([N+](=O)[O-])cc2)C1C. The molecule has 18 heavy (non-hydrogen) atoms. The van der Waals surface area contributed by atoms with Crippen molar-refractivity contribution in [1.29, 1.82) is 0 Å². The van der Waals surface area contributed by atoms with Crippen LogP contribution in [0.1, 0.15) is 33.1 Å². The summed E-state index contributed by atoms with van der Waals surface area (Å²) < 4.78 is 0. The molecule has 1 aromatic rings. The van der Waals surface area contributed by atoms with Gasteiger partial charge in [0.25, 0.3) is 5.69 Å². The third-order valence-electron chi connectivity index (χ3n) is 4.14. The van der Waals surface area contributed by atoms with Gasteiger partial charge >= 0.3 is 0 Å². The Labute approximate surface area is 108 Å². The van der Waals surface area contributed by atoms with Crippen molar-refractivity contribution >= 4 is 11.4 Å². The highest BCUT2D eigenvalue weighted by molar-refractivity contribution is 5.49. The number of non-ortho nitro benzene ring substituents is 1. The number of anilines is 1. The summed E-state index contributed by atoms with van der Waals surface area (Å²) in [5, 5.41) is 14.1. The summed E-state index contributed by atoms with van der Waals surface area (Å²) in [4.78, 5) is 10.2. The van der Waals surface area contributed by atoms with E-state index in [2.05, 4.69) is 19.2 Å². The summed E-state index contributed by atoms with van der Waals surface area (Å²) in [6.45, 7) is 4.58. The van der Waals surface area contributed by atoms with Crippen molar-refractivity contribution in [3.8, 4) is 0 Å². The maximum atomic E-state index is 10.6. The second-order valence-corrected chi connectivity index (χ2v) is 5.32. The molecule has 3 atom stereocenters. The number of nitrogens with zero attached hydrogens (tertiary/aromatic N) is 1. The monoisotopic (exact) mass is 248 g/mol. The van der Waals surface area contributed by atoms with E-state index in [1.54, 1.807) is 24.3 Å². The molecule has 1 aliphatic carbocycles. The second-order valence-electron chi connectivity index (χ2n) is 5.32. The fraction of sp³-hybridized carbons (Fsp3) is 0.571. The van der Waals surface area contributed by atoms with Gasteiger partial charge in [0.1, 0.15) is 0 Å². The van der Waals surface area contributed by atoms with E-state index in [4.69, 9.17) is 0 Å². The highest BCUT2D eigenvalue weighted by atomic mass is 16.6. The molecule has 1 N–H and O–H groups in total. The van der Waals surface area contributed by atoms with E-state index in [9.17, 15) is 10.1 Å². The molecule has 4 nitrogen and oxygen atoms in total. The van der Waals surface area contributed by atoms with Crippen LogP contribution in [0.2, 0.25) is 0 Å². The van der Waals surface area contributed by atoms with E-state index < -0.39 is 0 Å². The molecule has 0 heterocycles. The summed E-state index contributed by atoms with van der Waals surface area (Å²) in [6.07, 6.45) is 3.75. The molecule has 1 aliphatic rings. The lowest BCUT2D eigenvalue weighted by Crippen LogP contribution is -2.34. The topological polar surface area (TPSA) is 55.2 Å². The summed E-state index contributed by atoms with van der Waals surface area (Å²) in [5.41, 5.74) is 1.12. The van der Waals surface area contributed by atoms with Gasteiger partial charge in [0.15, 0.2) is 0 Å². The maximum absolute atomic E-state index is 10.6. The Bertz CT molecular complexity index is 416. The third-order valence-corrected chi connectivity index (χ3v) is 4.14. The zero-order valence-electron chi connectivity index (χ0n) is 10.9. The van der Waals surface area contributed by atoms with Crippen LogP contribution in [0.3, 0.4) is 0 Å². The molecule has 0 aliphatic heterocycles. The summed E-state index contributed by atoms with van der Waals surface area (Å²) in [6, 6.07) is 7.18. The molecule has 2 rings (SSSR count). The van der Waals surface area contributed by atoms with Crippen molar-refractivity contribution in [2.75, 3.05) is 5.32 Å². The fourth-order valence-electron chi connectivity index (χ4n) is 2.68. The molecule has 0 bridgehead atoms. The minimum atomic E-state index is -0.366. The number of benzene rings is 1. The van der Waals surface area contributed by atoms with Crippen LogP contribution >= 0.6 is 0 Å². The number of hydrogen-bond acceptors (Lipinski definition) is 3. The molecule has 4 heteroatoms. The molecule has 0 amide bonds. The van der Waals surface area contributed by atoms with Gasteiger partial charge in [-0.1, -0.05) is 26.7 Å². The van der Waals surface area contributed by atoms with Crippen molar-refractivity contribution in [3.05, 3.63) is 34.4 Å². The van der Waals surface area contributed by atoms with Crippen molar-refractivity contribution in [1.82, 2.24) is 0 Å². The minimum absolute atomic E-state index is 0.144. The Morgan fingerprint density at radius 2 is 1.89 bits per heavy atom. The standard InChI is InChI=1S/C14H20N2O2/c1-10-4-3-5-14(11(10)2)15-12-6-8-13(9-7-12)16(17)18/h6-11,14-15H,3-5H2,1-2H3. The van der Waals surface area contributed by atoms with E-state index in [1.807, 2.05) is 0 Å². The number of nitrogens with one attached hydrogen (secondary N) is 1. The molecule has 3 unspecified atom stereocenters. The summed E-state index contributed by atoms with van der Waals surface area (Å²) in [5.74, 6) is 1.39. The lowest BCUT2D eigenvalue weighted by atomic mass is 9.78. The number of nitro groups is 1. The summed E-state index contributed by atoms with van der Waals surface area (Å²) in [7, 11) is 0. The van der Waals surface area contributed by atoms with E-state index in [0.717, 1.165) is 11.6 Å². The van der Waals surface area contributed by atoms with Crippen LogP contribution in [-0.2, 0) is 0 Å². The highest BCUT2D eigenvalue weighted by Gasteiger charge is 2.26. The van der Waals surface area contributed by atoms with Crippen LogP contribution in [0.15, 0.2) is 24.3 Å². The lowest BCUT2D eigenvalue weighted by molar-refractivity contribution is -0.384. The predicted molar refractivity (Wildman–Crippen MR) is 72.7 cm³/mol. The Kier molecular flexibility index (Phi) is 3.84. The Morgan fingerprint density at radius 3 is 2.50 bits per heavy atom. The van der Waals surface area contributed by atoms with Gasteiger partial charge < -0.3 is 5.32 Å². The smallest absolute Gasteiger partial charge is 0.269 e. The Balaban J connectivity index is 2.02. The van der Waals surface area contributed by atoms with Gasteiger partial charge in [-0.05, 0) is 30.4 Å². The van der Waals surface area contributed by atoms with Gasteiger partial charge in [-0.3, -0.25) is 10.1 Å². The lowest BCUT2D eigenvalue weighted by Gasteiger charge is -2.35. The first kappa shape index (κ1) is 12.9. The van der Waals surface area contributed by atoms with E-state index in [1.165, 1.54) is 19.3 Å². The van der Waals surface area contributed by atoms with Gasteiger partial charge in [-0.15, -0.1) is 0 Å². The predicted octanol–water partition coefficient (Wildman–Crippen LogP) is 3.83. The molecule has 98 valence electrons. The fourth-order valence-corrected chi connectivity index (χ4v) is 2.68. The van der Waals surface area contributed by atoms with Gasteiger partial charge in [0.05, 0.1) is 4.92 Å². The Hall–Kier alpha value is -1.58. The molecule has 0 aromatic heterocycles. The van der Waals surface area contributed by atoms with Gasteiger partial charge in [0, 0.05) is 23.9 Å². The van der Waals surface area contributed by atoms with Gasteiger partial charge in [0.2, 0.25) is 0 Å². The minimum Gasteiger partial charge on any atom is -0.382 e. The molecule has 1 saturated carbocycles. The largest absolute Gasteiger partial charge is 0.382 e. The highest BCUT2D eigenvalue weighted by Crippen LogP contribution is 2.31. The van der Waals surface area contributed by atoms with E-state index >= 15 is 0 Å². The van der Waals surface area contributed by atoms with Crippen molar-refractivity contribution in [2.45, 2.75) is 39.2 Å². The molecular formula is C14H20N2O2. The third kappa shape index (κ3) is 2.81. The van der Waals surface area contributed by atoms with E-state index in [-0.39, 0.29) is 10.6 Å². The zero-order valence-corrected chi connectivity index (χ0v) is 10.9. The van der Waals surface area contributed by atoms with Crippen molar-refractivity contribution in [3.63, 3.8) is 0 Å². The number of hydrogen-bond donors (Lipinski definition) is 1. The molecule has 1 aromatic carbocycles. The van der Waals surface area contributed by atoms with Crippen LogP contribution < -0.4 is 5.32 Å². The first-order chi connectivity index (χ1) is 8.58. The van der Waals surface area contributed by atoms with Gasteiger partial charge in [-0.2, -0.15) is 0 Å². The normalized spacial score (nSPS) is 27.8. The first-order valence-corrected chi connectivity index (χ1v) is 6.59. The van der Waals surface area contributed by atoms with Crippen LogP contribution in [0.5, 0.6) is 0 Å². The van der Waals surface area contributed by atoms with Gasteiger partial charge in [-0.25, -0.2) is 0 Å². The van der Waals surface area contributed by atoms with Crippen LogP contribution in [0, 0.1) is 22.0 Å². The molecule has 1 fully saturated rings. The maximum Gasteiger partial charge on any atom is 0.269 e. The molecule has 0 radical (unpaired) electrons. The van der Waals surface area contributed by atoms with Crippen LogP contribution in [0.25, 0.3) is 0 Å². The first-order valence-electron chi connectivity index (χ1n) is 6.59. The molecule has 0 saturated heterocycles. The average Bonchev–Trinajstić information content (AvgIpc) is 2.36. The molecule has 0 spiro atoms. The Morgan fingerprint density at radius 1 is 1.22 bits per heavy atom. The van der Waals surface area contributed by atoms with Crippen molar-refractivity contribution < 1.29 is 4.92 Å². The van der Waals surface area contributed by atoms with Crippen molar-refractivity contribution in [2.24, 2.45) is 11.8 Å². The van der Waals surface area contributed by atoms with E-state index in [0.29, 0.717) is 12.0 Å². The van der Waals surface area contributed by atoms with Crippen LogP contribution in [0.4, 0.5) is 11.4 Å². The quantitative estimate of drug-likeness (QED) is 0.653. The number of nitro benzene ring substituents is 1. The van der Waals surface area contributed by atoms with Crippen LogP contribution in [-0.4, -0.2) is 11.0 Å². The summed E-state index contributed by atoms with van der Waals surface area (Å²) >= 11 is 0. The average molecular weight is 248 g/mol. The number of rotatable bonds is 3. The zero-order chi connectivity index (χ0) is 13.1.